The SMILES string of the molecule is COc1ccc2c(c1O)[C@]13CCN(C)[C@H](C2)[C@]1(OC)C(C)CC(=O)C3. The number of carbonyl (C=O) groups is 1. The van der Waals surface area contributed by atoms with Crippen LogP contribution in [0.25, 0.3) is 0 Å². The summed E-state index contributed by atoms with van der Waals surface area (Å²) in [5.74, 6) is 1.02. The molecule has 1 saturated heterocycles. The quantitative estimate of drug-likeness (QED) is 0.891. The first-order chi connectivity index (χ1) is 11.9. The third-order valence-corrected chi connectivity index (χ3v) is 7.11. The Morgan fingerprint density at radius 1 is 1.28 bits per heavy atom. The van der Waals surface area contributed by atoms with Crippen molar-refractivity contribution in [3.05, 3.63) is 23.3 Å². The van der Waals surface area contributed by atoms with Gasteiger partial charge in [-0.05, 0) is 44.0 Å². The minimum atomic E-state index is -0.486. The number of nitrogens with zero attached hydrogens (tertiary/aromatic N) is 1. The van der Waals surface area contributed by atoms with Crippen LogP contribution in [-0.4, -0.2) is 55.2 Å². The average Bonchev–Trinajstić information content (AvgIpc) is 2.57. The summed E-state index contributed by atoms with van der Waals surface area (Å²) in [6.45, 7) is 3.02. The molecule has 2 bridgehead atoms. The van der Waals surface area contributed by atoms with E-state index in [0.717, 1.165) is 30.5 Å². The number of rotatable bonds is 2. The van der Waals surface area contributed by atoms with Gasteiger partial charge in [-0.15, -0.1) is 0 Å². The van der Waals surface area contributed by atoms with Crippen LogP contribution in [0.15, 0.2) is 12.1 Å². The second-order valence-corrected chi connectivity index (χ2v) is 8.00. The van der Waals surface area contributed by atoms with Gasteiger partial charge >= 0.3 is 0 Å². The molecule has 1 N–H and O–H groups in total. The first-order valence-electron chi connectivity index (χ1n) is 9.07. The summed E-state index contributed by atoms with van der Waals surface area (Å²) in [5.41, 5.74) is 1.05. The molecule has 5 heteroatoms. The lowest BCUT2D eigenvalue weighted by molar-refractivity contribution is -0.206. The highest BCUT2D eigenvalue weighted by molar-refractivity contribution is 5.83. The Morgan fingerprint density at radius 3 is 2.72 bits per heavy atom. The van der Waals surface area contributed by atoms with Gasteiger partial charge in [-0.3, -0.25) is 4.79 Å². The summed E-state index contributed by atoms with van der Waals surface area (Å²) in [5, 5.41) is 11.0. The standard InChI is InChI=1S/C20H27NO4/c1-12-9-14(22)11-19-7-8-21(2)16(20(12,19)25-4)10-13-5-6-15(24-3)18(23)17(13)19/h5-6,12,16,23H,7-11H2,1-4H3/t12?,16-,19-,20-/m1/s1. The topological polar surface area (TPSA) is 59.0 Å². The fraction of sp³-hybridized carbons (Fsp3) is 0.650. The van der Waals surface area contributed by atoms with Crippen molar-refractivity contribution in [1.29, 1.82) is 0 Å². The molecule has 4 rings (SSSR count). The van der Waals surface area contributed by atoms with Gasteiger partial charge in [0.2, 0.25) is 0 Å². The number of phenols is 1. The molecule has 2 fully saturated rings. The van der Waals surface area contributed by atoms with Crippen molar-refractivity contribution < 1.29 is 19.4 Å². The van der Waals surface area contributed by atoms with Crippen LogP contribution in [0.2, 0.25) is 0 Å². The number of methoxy groups -OCH3 is 2. The second-order valence-electron chi connectivity index (χ2n) is 8.00. The molecule has 0 spiro atoms. The first-order valence-corrected chi connectivity index (χ1v) is 9.07. The van der Waals surface area contributed by atoms with E-state index < -0.39 is 11.0 Å². The summed E-state index contributed by atoms with van der Waals surface area (Å²) >= 11 is 0. The second kappa shape index (κ2) is 5.45. The van der Waals surface area contributed by atoms with Gasteiger partial charge in [0.05, 0.1) is 12.7 Å². The lowest BCUT2D eigenvalue weighted by Gasteiger charge is -2.66. The van der Waals surface area contributed by atoms with Crippen molar-refractivity contribution in [1.82, 2.24) is 4.90 Å². The zero-order chi connectivity index (χ0) is 18.0. The third-order valence-electron chi connectivity index (χ3n) is 7.11. The molecule has 5 nitrogen and oxygen atoms in total. The van der Waals surface area contributed by atoms with Crippen molar-refractivity contribution in [3.63, 3.8) is 0 Å². The smallest absolute Gasteiger partial charge is 0.161 e. The Labute approximate surface area is 148 Å². The molecule has 25 heavy (non-hydrogen) atoms. The minimum Gasteiger partial charge on any atom is -0.504 e. The van der Waals surface area contributed by atoms with Crippen molar-refractivity contribution >= 4 is 5.78 Å². The number of aromatic hydroxyl groups is 1. The van der Waals surface area contributed by atoms with Gasteiger partial charge in [0.15, 0.2) is 11.5 Å². The number of likely N-dealkylation sites (tertiary alicyclic amines) is 1. The molecule has 4 atom stereocenters. The van der Waals surface area contributed by atoms with Crippen molar-refractivity contribution in [2.45, 2.75) is 49.7 Å². The summed E-state index contributed by atoms with van der Waals surface area (Å²) in [4.78, 5) is 15.0. The van der Waals surface area contributed by atoms with Crippen LogP contribution < -0.4 is 4.74 Å². The number of Topliss-reactive ketones (excluding diaryl/α,β-unsaturated/α-hetero) is 1. The van der Waals surface area contributed by atoms with Gasteiger partial charge in [-0.25, -0.2) is 0 Å². The van der Waals surface area contributed by atoms with Crippen LogP contribution >= 0.6 is 0 Å². The van der Waals surface area contributed by atoms with Gasteiger partial charge in [-0.2, -0.15) is 0 Å². The highest BCUT2D eigenvalue weighted by Crippen LogP contribution is 2.63. The number of phenolic OH excluding ortho intramolecular Hbond substituents is 1. The van der Waals surface area contributed by atoms with Gasteiger partial charge in [0, 0.05) is 37.0 Å². The largest absolute Gasteiger partial charge is 0.504 e. The van der Waals surface area contributed by atoms with E-state index in [1.54, 1.807) is 14.2 Å². The normalized spacial score (nSPS) is 37.4. The summed E-state index contributed by atoms with van der Waals surface area (Å²) < 4.78 is 11.7. The molecule has 1 aliphatic heterocycles. The lowest BCUT2D eigenvalue weighted by Crippen LogP contribution is -2.76. The number of hydrogen-bond donors (Lipinski definition) is 1. The molecular weight excluding hydrogens is 318 g/mol. The predicted molar refractivity (Wildman–Crippen MR) is 94.2 cm³/mol. The number of fused-ring (bicyclic) bond motifs is 1. The number of piperidine rings is 1. The lowest BCUT2D eigenvalue weighted by atomic mass is 9.46. The third kappa shape index (κ3) is 1.88. The van der Waals surface area contributed by atoms with E-state index in [1.807, 2.05) is 12.1 Å². The van der Waals surface area contributed by atoms with E-state index in [-0.39, 0.29) is 23.5 Å². The van der Waals surface area contributed by atoms with Gasteiger partial charge in [0.1, 0.15) is 5.78 Å². The molecule has 1 heterocycles. The van der Waals surface area contributed by atoms with E-state index in [0.29, 0.717) is 18.6 Å². The molecule has 136 valence electrons. The maximum absolute atomic E-state index is 12.7. The van der Waals surface area contributed by atoms with E-state index >= 15 is 0 Å². The van der Waals surface area contributed by atoms with Gasteiger partial charge in [-0.1, -0.05) is 13.0 Å². The highest BCUT2D eigenvalue weighted by atomic mass is 16.5. The van der Waals surface area contributed by atoms with E-state index in [2.05, 4.69) is 18.9 Å². The number of benzene rings is 1. The number of ether oxygens (including phenoxy) is 2. The van der Waals surface area contributed by atoms with E-state index in [4.69, 9.17) is 9.47 Å². The molecule has 1 unspecified atom stereocenters. The zero-order valence-electron chi connectivity index (χ0n) is 15.5. The fourth-order valence-corrected chi connectivity index (χ4v) is 6.23. The average molecular weight is 345 g/mol. The Balaban J connectivity index is 2.06. The Kier molecular flexibility index (Phi) is 3.68. The first kappa shape index (κ1) is 16.9. The van der Waals surface area contributed by atoms with Gasteiger partial charge < -0.3 is 19.5 Å². The van der Waals surface area contributed by atoms with Crippen LogP contribution in [0.5, 0.6) is 11.5 Å². The molecule has 3 aliphatic rings. The highest BCUT2D eigenvalue weighted by Gasteiger charge is 2.68. The number of hydrogen-bond acceptors (Lipinski definition) is 5. The summed E-state index contributed by atoms with van der Waals surface area (Å²) in [6, 6.07) is 4.08. The maximum atomic E-state index is 12.7. The molecule has 1 aromatic carbocycles. The molecule has 2 aliphatic carbocycles. The Bertz CT molecular complexity index is 733. The molecule has 0 amide bonds. The van der Waals surface area contributed by atoms with Crippen molar-refractivity contribution in [2.24, 2.45) is 5.92 Å². The van der Waals surface area contributed by atoms with E-state index in [9.17, 15) is 9.90 Å². The monoisotopic (exact) mass is 345 g/mol. The van der Waals surface area contributed by atoms with Crippen LogP contribution in [0.4, 0.5) is 0 Å². The number of ketones is 1. The predicted octanol–water partition coefficient (Wildman–Crippen LogP) is 2.28. The van der Waals surface area contributed by atoms with Gasteiger partial charge in [0.25, 0.3) is 0 Å². The number of likely N-dealkylation sites (N-methyl/N-ethyl adjacent to an activating group) is 1. The minimum absolute atomic E-state index is 0.102. The molecule has 0 radical (unpaired) electrons. The Hall–Kier alpha value is -1.59. The molecule has 1 aromatic rings. The van der Waals surface area contributed by atoms with Crippen LogP contribution in [-0.2, 0) is 21.4 Å². The van der Waals surface area contributed by atoms with Crippen molar-refractivity contribution in [3.8, 4) is 11.5 Å². The zero-order valence-corrected chi connectivity index (χ0v) is 15.5. The van der Waals surface area contributed by atoms with Crippen LogP contribution in [0.1, 0.15) is 37.3 Å². The summed E-state index contributed by atoms with van der Waals surface area (Å²) in [6.07, 6.45) is 2.60. The summed E-state index contributed by atoms with van der Waals surface area (Å²) in [7, 11) is 5.49. The van der Waals surface area contributed by atoms with Crippen molar-refractivity contribution in [2.75, 3.05) is 27.8 Å². The fourth-order valence-electron chi connectivity index (χ4n) is 6.23. The van der Waals surface area contributed by atoms with E-state index in [1.165, 1.54) is 0 Å². The number of carbonyl (C=O) groups excluding carboxylic acids is 1. The van der Waals surface area contributed by atoms with Crippen LogP contribution in [0.3, 0.4) is 0 Å². The Morgan fingerprint density at radius 2 is 2.04 bits per heavy atom. The molecule has 0 aromatic heterocycles. The maximum Gasteiger partial charge on any atom is 0.161 e. The van der Waals surface area contributed by atoms with Crippen LogP contribution in [0, 0.1) is 5.92 Å². The molecule has 1 saturated carbocycles. The molecular formula is C20H27NO4.